The summed E-state index contributed by atoms with van der Waals surface area (Å²) in [5.41, 5.74) is 2.17. The zero-order valence-corrected chi connectivity index (χ0v) is 6.87. The number of phenolic OH excluding ortho intramolecular Hbond substituents is 1. The van der Waals surface area contributed by atoms with E-state index in [9.17, 15) is 5.11 Å². The van der Waals surface area contributed by atoms with Crippen LogP contribution in [0.2, 0.25) is 0 Å². The van der Waals surface area contributed by atoms with Gasteiger partial charge in [0.25, 0.3) is 0 Å². The summed E-state index contributed by atoms with van der Waals surface area (Å²) in [7, 11) is 1.67. The molecule has 3 heteroatoms. The maximum absolute atomic E-state index is 9.19. The third-order valence-electron chi connectivity index (χ3n) is 2.10. The summed E-state index contributed by atoms with van der Waals surface area (Å²) in [6.07, 6.45) is 0.877. The summed E-state index contributed by atoms with van der Waals surface area (Å²) < 4.78 is 5.14. The van der Waals surface area contributed by atoms with Crippen LogP contribution in [-0.2, 0) is 11.2 Å². The highest BCUT2D eigenvalue weighted by atomic mass is 16.5. The molecule has 0 saturated carbocycles. The van der Waals surface area contributed by atoms with Crippen LogP contribution >= 0.6 is 0 Å². The van der Waals surface area contributed by atoms with Crippen LogP contribution in [0.4, 0.5) is 5.69 Å². The van der Waals surface area contributed by atoms with Crippen molar-refractivity contribution in [1.82, 2.24) is 0 Å². The van der Waals surface area contributed by atoms with E-state index in [1.54, 1.807) is 19.2 Å². The fourth-order valence-electron chi connectivity index (χ4n) is 1.46. The van der Waals surface area contributed by atoms with Gasteiger partial charge in [-0.15, -0.1) is 0 Å². The maximum atomic E-state index is 9.19. The molecule has 1 aromatic rings. The van der Waals surface area contributed by atoms with Crippen LogP contribution in [0, 0.1) is 0 Å². The zero-order valence-electron chi connectivity index (χ0n) is 6.87. The molecule has 12 heavy (non-hydrogen) atoms. The number of methoxy groups -OCH3 is 1. The number of phenols is 1. The van der Waals surface area contributed by atoms with Gasteiger partial charge in [-0.1, -0.05) is 0 Å². The minimum Gasteiger partial charge on any atom is -0.508 e. The second-order valence-corrected chi connectivity index (χ2v) is 2.91. The molecule has 3 nitrogen and oxygen atoms in total. The van der Waals surface area contributed by atoms with Crippen LogP contribution in [0.3, 0.4) is 0 Å². The first-order valence-corrected chi connectivity index (χ1v) is 3.91. The summed E-state index contributed by atoms with van der Waals surface area (Å²) in [4.78, 5) is 0. The number of rotatable bonds is 1. The Labute approximate surface area is 71.0 Å². The third kappa shape index (κ3) is 1.12. The first-order valence-electron chi connectivity index (χ1n) is 3.91. The number of nitrogens with one attached hydrogen (secondary N) is 1. The van der Waals surface area contributed by atoms with Crippen LogP contribution in [0.5, 0.6) is 5.75 Å². The maximum Gasteiger partial charge on any atom is 0.131 e. The molecular weight excluding hydrogens is 154 g/mol. The average molecular weight is 165 g/mol. The first kappa shape index (κ1) is 7.43. The van der Waals surface area contributed by atoms with Gasteiger partial charge in [0, 0.05) is 19.2 Å². The number of aromatic hydroxyl groups is 1. The summed E-state index contributed by atoms with van der Waals surface area (Å²) in [6, 6.07) is 5.30. The Kier molecular flexibility index (Phi) is 1.66. The molecule has 0 aliphatic carbocycles. The molecule has 0 saturated heterocycles. The lowest BCUT2D eigenvalue weighted by Gasteiger charge is -2.06. The topological polar surface area (TPSA) is 41.5 Å². The normalized spacial score (nSPS) is 20.2. The highest BCUT2D eigenvalue weighted by molar-refractivity contribution is 5.58. The predicted octanol–water partition coefficient (Wildman–Crippen LogP) is 1.33. The Morgan fingerprint density at radius 3 is 3.17 bits per heavy atom. The molecule has 0 aromatic heterocycles. The molecule has 0 fully saturated rings. The lowest BCUT2D eigenvalue weighted by atomic mass is 10.1. The van der Waals surface area contributed by atoms with Gasteiger partial charge < -0.3 is 15.2 Å². The fourth-order valence-corrected chi connectivity index (χ4v) is 1.46. The molecule has 0 bridgehead atoms. The van der Waals surface area contributed by atoms with Crippen LogP contribution in [-0.4, -0.2) is 18.4 Å². The van der Waals surface area contributed by atoms with E-state index in [0.717, 1.165) is 17.7 Å². The van der Waals surface area contributed by atoms with Gasteiger partial charge in [-0.3, -0.25) is 0 Å². The van der Waals surface area contributed by atoms with Gasteiger partial charge in [0.2, 0.25) is 0 Å². The van der Waals surface area contributed by atoms with Gasteiger partial charge in [0.15, 0.2) is 0 Å². The van der Waals surface area contributed by atoms with Gasteiger partial charge >= 0.3 is 0 Å². The molecule has 1 atom stereocenters. The van der Waals surface area contributed by atoms with E-state index in [1.165, 1.54) is 0 Å². The molecular formula is C9H11NO2. The second-order valence-electron chi connectivity index (χ2n) is 2.91. The summed E-state index contributed by atoms with van der Waals surface area (Å²) in [5.74, 6) is 0.312. The number of ether oxygens (including phenoxy) is 1. The number of hydrogen-bond donors (Lipinski definition) is 2. The Morgan fingerprint density at radius 1 is 1.58 bits per heavy atom. The van der Waals surface area contributed by atoms with Crippen molar-refractivity contribution in [2.75, 3.05) is 12.4 Å². The molecule has 2 rings (SSSR count). The minimum atomic E-state index is 0.0572. The molecule has 1 unspecified atom stereocenters. The van der Waals surface area contributed by atoms with Crippen molar-refractivity contribution in [1.29, 1.82) is 0 Å². The van der Waals surface area contributed by atoms with Gasteiger partial charge in [-0.25, -0.2) is 0 Å². The number of benzene rings is 1. The molecule has 1 aromatic carbocycles. The Hall–Kier alpha value is -1.22. The Morgan fingerprint density at radius 2 is 2.42 bits per heavy atom. The predicted molar refractivity (Wildman–Crippen MR) is 46.2 cm³/mol. The lowest BCUT2D eigenvalue weighted by molar-refractivity contribution is 0.132. The molecule has 2 N–H and O–H groups in total. The SMILES string of the molecule is COC1Cc2cc(O)ccc2N1. The van der Waals surface area contributed by atoms with Crippen LogP contribution in [0.1, 0.15) is 5.56 Å². The Bertz CT molecular complexity index is 299. The van der Waals surface area contributed by atoms with Crippen molar-refractivity contribution in [2.24, 2.45) is 0 Å². The van der Waals surface area contributed by atoms with Gasteiger partial charge in [-0.05, 0) is 23.8 Å². The number of anilines is 1. The van der Waals surface area contributed by atoms with Gasteiger partial charge in [-0.2, -0.15) is 0 Å². The van der Waals surface area contributed by atoms with Crippen molar-refractivity contribution in [2.45, 2.75) is 12.6 Å². The molecule has 1 aliphatic heterocycles. The molecule has 1 heterocycles. The summed E-state index contributed by atoms with van der Waals surface area (Å²) in [5, 5.41) is 12.4. The van der Waals surface area contributed by atoms with E-state index in [-0.39, 0.29) is 6.23 Å². The van der Waals surface area contributed by atoms with Crippen molar-refractivity contribution in [3.63, 3.8) is 0 Å². The quantitative estimate of drug-likeness (QED) is 0.617. The standard InChI is InChI=1S/C9H11NO2/c1-12-9-5-6-4-7(11)2-3-8(6)10-9/h2-4,9-11H,5H2,1H3. The van der Waals surface area contributed by atoms with Gasteiger partial charge in [0.05, 0.1) is 0 Å². The molecule has 0 spiro atoms. The summed E-state index contributed by atoms with van der Waals surface area (Å²) in [6.45, 7) is 0. The van der Waals surface area contributed by atoms with E-state index < -0.39 is 0 Å². The van der Waals surface area contributed by atoms with Crippen LogP contribution in [0.25, 0.3) is 0 Å². The average Bonchev–Trinajstić information content (AvgIpc) is 2.46. The highest BCUT2D eigenvalue weighted by Gasteiger charge is 2.19. The molecule has 64 valence electrons. The van der Waals surface area contributed by atoms with Crippen molar-refractivity contribution >= 4 is 5.69 Å². The monoisotopic (exact) mass is 165 g/mol. The fraction of sp³-hybridized carbons (Fsp3) is 0.333. The second kappa shape index (κ2) is 2.68. The van der Waals surface area contributed by atoms with E-state index in [2.05, 4.69) is 5.32 Å². The van der Waals surface area contributed by atoms with Crippen molar-refractivity contribution in [3.05, 3.63) is 23.8 Å². The van der Waals surface area contributed by atoms with Gasteiger partial charge in [0.1, 0.15) is 12.0 Å². The Balaban J connectivity index is 2.30. The molecule has 0 amide bonds. The third-order valence-corrected chi connectivity index (χ3v) is 2.10. The largest absolute Gasteiger partial charge is 0.508 e. The molecule has 1 aliphatic rings. The summed E-state index contributed by atoms with van der Waals surface area (Å²) >= 11 is 0. The van der Waals surface area contributed by atoms with Crippen molar-refractivity contribution in [3.8, 4) is 5.75 Å². The number of hydrogen-bond acceptors (Lipinski definition) is 3. The van der Waals surface area contributed by atoms with Crippen LogP contribution < -0.4 is 5.32 Å². The van der Waals surface area contributed by atoms with E-state index in [1.807, 2.05) is 6.07 Å². The smallest absolute Gasteiger partial charge is 0.131 e. The highest BCUT2D eigenvalue weighted by Crippen LogP contribution is 2.28. The van der Waals surface area contributed by atoms with Crippen LogP contribution in [0.15, 0.2) is 18.2 Å². The van der Waals surface area contributed by atoms with E-state index in [0.29, 0.717) is 5.75 Å². The molecule has 0 radical (unpaired) electrons. The minimum absolute atomic E-state index is 0.0572. The lowest BCUT2D eigenvalue weighted by Crippen LogP contribution is -2.16. The van der Waals surface area contributed by atoms with Crippen molar-refractivity contribution < 1.29 is 9.84 Å². The zero-order chi connectivity index (χ0) is 8.55. The first-order chi connectivity index (χ1) is 5.79. The van der Waals surface area contributed by atoms with E-state index >= 15 is 0 Å². The number of fused-ring (bicyclic) bond motifs is 1. The van der Waals surface area contributed by atoms with E-state index in [4.69, 9.17) is 4.74 Å².